The average Bonchev–Trinajstić information content (AvgIpc) is 3.26. The Morgan fingerprint density at radius 3 is 2.56 bits per heavy atom. The van der Waals surface area contributed by atoms with Crippen LogP contribution in [0.2, 0.25) is 0 Å². The third-order valence-corrected chi connectivity index (χ3v) is 7.55. The normalized spacial score (nSPS) is 16.8. The van der Waals surface area contributed by atoms with Crippen LogP contribution in [-0.4, -0.2) is 51.3 Å². The van der Waals surface area contributed by atoms with Crippen LogP contribution in [0.5, 0.6) is 0 Å². The number of amides is 2. The first kappa shape index (κ1) is 30.3. The summed E-state index contributed by atoms with van der Waals surface area (Å²) in [5.41, 5.74) is 2.00. The summed E-state index contributed by atoms with van der Waals surface area (Å²) in [4.78, 5) is 28.5. The number of carbonyl (C=O) groups is 2. The molecule has 1 aliphatic rings. The lowest BCUT2D eigenvalue weighted by molar-refractivity contribution is -0.118. The molecule has 1 aliphatic heterocycles. The van der Waals surface area contributed by atoms with E-state index in [0.717, 1.165) is 22.6 Å². The van der Waals surface area contributed by atoms with E-state index in [1.165, 1.54) is 28.0 Å². The lowest BCUT2D eigenvalue weighted by Crippen LogP contribution is -2.41. The average molecular weight is 574 g/mol. The minimum atomic E-state index is -3.93. The number of rotatable bonds is 11. The van der Waals surface area contributed by atoms with Crippen LogP contribution in [0.3, 0.4) is 0 Å². The van der Waals surface area contributed by atoms with Crippen LogP contribution >= 0.6 is 11.6 Å². The summed E-state index contributed by atoms with van der Waals surface area (Å²) in [5, 5.41) is 1.57. The van der Waals surface area contributed by atoms with Crippen LogP contribution in [-0.2, 0) is 21.2 Å². The van der Waals surface area contributed by atoms with E-state index in [0.29, 0.717) is 24.4 Å². The molecule has 10 heteroatoms. The molecule has 2 aromatic carbocycles. The second-order valence-electron chi connectivity index (χ2n) is 9.27. The Morgan fingerprint density at radius 2 is 1.92 bits per heavy atom. The van der Waals surface area contributed by atoms with Gasteiger partial charge in [-0.3, -0.25) is 9.59 Å². The predicted molar refractivity (Wildman–Crippen MR) is 153 cm³/mol. The quantitative estimate of drug-likeness (QED) is 0.376. The smallest absolute Gasteiger partial charge is 0.253 e. The molecule has 1 atom stereocenters. The van der Waals surface area contributed by atoms with E-state index < -0.39 is 27.8 Å². The minimum Gasteiger partial charge on any atom is -0.341 e. The van der Waals surface area contributed by atoms with Gasteiger partial charge in [0, 0.05) is 36.1 Å². The standard InChI is InChI=1S/C29H33ClFN3O4S/c1-4-22(11-10-21(2)30)16-19-39(37,38)32-26-15-18-34(29(26)36)27-13-12-24(20-25(27)31)28(35)33(3)17-14-23-8-6-5-7-9-23/h5-13,16,19-20,26,32H,4,14-15,17-18H2,1-3H3/b19-16+,21-10+,22-11+. The van der Waals surface area contributed by atoms with Gasteiger partial charge in [-0.05, 0) is 67.7 Å². The number of benzene rings is 2. The van der Waals surface area contributed by atoms with E-state index in [2.05, 4.69) is 4.72 Å². The number of allylic oxidation sites excluding steroid dienone is 5. The van der Waals surface area contributed by atoms with E-state index in [-0.39, 0.29) is 30.1 Å². The molecule has 1 heterocycles. The highest BCUT2D eigenvalue weighted by Crippen LogP contribution is 2.26. The molecule has 1 fully saturated rings. The van der Waals surface area contributed by atoms with Gasteiger partial charge in [0.05, 0.1) is 5.69 Å². The molecular weight excluding hydrogens is 541 g/mol. The number of hydrogen-bond donors (Lipinski definition) is 1. The molecule has 0 radical (unpaired) electrons. The van der Waals surface area contributed by atoms with Crippen LogP contribution in [0.4, 0.5) is 10.1 Å². The zero-order valence-electron chi connectivity index (χ0n) is 22.2. The number of sulfonamides is 1. The van der Waals surface area contributed by atoms with E-state index in [9.17, 15) is 18.0 Å². The second kappa shape index (κ2) is 13.7. The van der Waals surface area contributed by atoms with Crippen molar-refractivity contribution in [2.45, 2.75) is 39.2 Å². The molecule has 0 bridgehead atoms. The Morgan fingerprint density at radius 1 is 1.21 bits per heavy atom. The highest BCUT2D eigenvalue weighted by Gasteiger charge is 2.36. The molecule has 0 aromatic heterocycles. The number of carbonyl (C=O) groups excluding carboxylic acids is 2. The van der Waals surface area contributed by atoms with Crippen LogP contribution < -0.4 is 9.62 Å². The van der Waals surface area contributed by atoms with E-state index in [1.807, 2.05) is 37.3 Å². The Kier molecular flexibility index (Phi) is 10.6. The van der Waals surface area contributed by atoms with Crippen molar-refractivity contribution in [3.05, 3.63) is 99.7 Å². The number of nitrogens with one attached hydrogen (secondary N) is 1. The Bertz CT molecular complexity index is 1390. The highest BCUT2D eigenvalue weighted by molar-refractivity contribution is 7.92. The first-order chi connectivity index (χ1) is 18.5. The molecule has 1 saturated heterocycles. The number of nitrogens with zero attached hydrogens (tertiary/aromatic N) is 2. The lowest BCUT2D eigenvalue weighted by atomic mass is 10.1. The van der Waals surface area contributed by atoms with Crippen molar-refractivity contribution >= 4 is 39.1 Å². The fourth-order valence-electron chi connectivity index (χ4n) is 4.08. The number of halogens is 2. The van der Waals surface area contributed by atoms with Gasteiger partial charge in [-0.2, -0.15) is 4.72 Å². The summed E-state index contributed by atoms with van der Waals surface area (Å²) in [6.45, 7) is 4.19. The van der Waals surface area contributed by atoms with Gasteiger partial charge in [0.15, 0.2) is 0 Å². The molecular formula is C29H33ClFN3O4S. The van der Waals surface area contributed by atoms with Crippen LogP contribution in [0, 0.1) is 5.82 Å². The molecule has 2 aromatic rings. The van der Waals surface area contributed by atoms with Crippen molar-refractivity contribution in [3.63, 3.8) is 0 Å². The molecule has 0 saturated carbocycles. The summed E-state index contributed by atoms with van der Waals surface area (Å²) < 4.78 is 42.6. The van der Waals surface area contributed by atoms with E-state index in [1.54, 1.807) is 26.1 Å². The monoisotopic (exact) mass is 573 g/mol. The maximum absolute atomic E-state index is 15.1. The van der Waals surface area contributed by atoms with E-state index in [4.69, 9.17) is 11.6 Å². The van der Waals surface area contributed by atoms with Crippen molar-refractivity contribution in [1.29, 1.82) is 0 Å². The van der Waals surface area contributed by atoms with Gasteiger partial charge in [0.2, 0.25) is 15.9 Å². The molecule has 0 aliphatic carbocycles. The number of likely N-dealkylation sites (N-methyl/N-ethyl adjacent to an activating group) is 1. The van der Waals surface area contributed by atoms with Gasteiger partial charge in [0.25, 0.3) is 5.91 Å². The predicted octanol–water partition coefficient (Wildman–Crippen LogP) is 5.16. The summed E-state index contributed by atoms with van der Waals surface area (Å²) in [5.74, 6) is -1.62. The van der Waals surface area contributed by atoms with Gasteiger partial charge in [-0.25, -0.2) is 12.8 Å². The van der Waals surface area contributed by atoms with Crippen LogP contribution in [0.15, 0.2) is 82.8 Å². The molecule has 208 valence electrons. The number of anilines is 1. The van der Waals surface area contributed by atoms with Crippen LogP contribution in [0.25, 0.3) is 0 Å². The van der Waals surface area contributed by atoms with Crippen molar-refractivity contribution in [2.24, 2.45) is 0 Å². The highest BCUT2D eigenvalue weighted by atomic mass is 35.5. The molecule has 0 spiro atoms. The SMILES string of the molecule is CCC(/C=C/S(=O)(=O)NC1CCN(c2ccc(C(=O)N(C)CCc3ccccc3)cc2F)C1=O)=C\C=C(/C)Cl. The maximum Gasteiger partial charge on any atom is 0.253 e. The zero-order chi connectivity index (χ0) is 28.6. The molecule has 1 N–H and O–H groups in total. The number of hydrogen-bond acceptors (Lipinski definition) is 4. The molecule has 39 heavy (non-hydrogen) atoms. The first-order valence-corrected chi connectivity index (χ1v) is 14.6. The molecule has 3 rings (SSSR count). The largest absolute Gasteiger partial charge is 0.341 e. The third kappa shape index (κ3) is 8.61. The van der Waals surface area contributed by atoms with Crippen molar-refractivity contribution in [1.82, 2.24) is 9.62 Å². The van der Waals surface area contributed by atoms with Gasteiger partial charge < -0.3 is 9.80 Å². The van der Waals surface area contributed by atoms with Crippen molar-refractivity contribution in [3.8, 4) is 0 Å². The summed E-state index contributed by atoms with van der Waals surface area (Å²) in [6, 6.07) is 12.7. The Labute approximate surface area is 234 Å². The first-order valence-electron chi connectivity index (χ1n) is 12.6. The van der Waals surface area contributed by atoms with E-state index >= 15 is 4.39 Å². The molecule has 2 amide bonds. The summed E-state index contributed by atoms with van der Waals surface area (Å²) in [7, 11) is -2.27. The maximum atomic E-state index is 15.1. The fourth-order valence-corrected chi connectivity index (χ4v) is 5.19. The zero-order valence-corrected chi connectivity index (χ0v) is 23.8. The van der Waals surface area contributed by atoms with Crippen molar-refractivity contribution in [2.75, 3.05) is 25.0 Å². The van der Waals surface area contributed by atoms with Gasteiger partial charge in [-0.1, -0.05) is 54.9 Å². The molecule has 1 unspecified atom stereocenters. The summed E-state index contributed by atoms with van der Waals surface area (Å²) in [6.07, 6.45) is 6.26. The summed E-state index contributed by atoms with van der Waals surface area (Å²) >= 11 is 5.82. The van der Waals surface area contributed by atoms with Crippen LogP contribution in [0.1, 0.15) is 42.6 Å². The lowest BCUT2D eigenvalue weighted by Gasteiger charge is -2.20. The van der Waals surface area contributed by atoms with Gasteiger partial charge in [-0.15, -0.1) is 0 Å². The van der Waals surface area contributed by atoms with Gasteiger partial charge in [0.1, 0.15) is 11.9 Å². The topological polar surface area (TPSA) is 86.8 Å². The molecule has 7 nitrogen and oxygen atoms in total. The second-order valence-corrected chi connectivity index (χ2v) is 11.5. The fraction of sp³-hybridized carbons (Fsp3) is 0.310. The minimum absolute atomic E-state index is 0.000151. The van der Waals surface area contributed by atoms with Crippen molar-refractivity contribution < 1.29 is 22.4 Å². The Balaban J connectivity index is 1.64. The third-order valence-electron chi connectivity index (χ3n) is 6.32. The Hall–Kier alpha value is -3.27. The van der Waals surface area contributed by atoms with Gasteiger partial charge >= 0.3 is 0 Å².